The summed E-state index contributed by atoms with van der Waals surface area (Å²) < 4.78 is 24.1. The quantitative estimate of drug-likeness (QED) is 0.667. The van der Waals surface area contributed by atoms with E-state index < -0.39 is 17.7 Å². The fraction of sp³-hybridized carbons (Fsp3) is 0.158. The minimum atomic E-state index is -0.529. The van der Waals surface area contributed by atoms with E-state index in [2.05, 4.69) is 5.32 Å². The number of thiophene rings is 1. The van der Waals surface area contributed by atoms with Crippen molar-refractivity contribution >= 4 is 28.2 Å². The molecule has 0 aliphatic rings. The van der Waals surface area contributed by atoms with Crippen molar-refractivity contribution in [2.45, 2.75) is 13.8 Å². The summed E-state index contributed by atoms with van der Waals surface area (Å²) in [5, 5.41) is 3.06. The third kappa shape index (κ3) is 3.25. The predicted molar refractivity (Wildman–Crippen MR) is 97.2 cm³/mol. The topological polar surface area (TPSA) is 68.5 Å². The van der Waals surface area contributed by atoms with E-state index in [0.29, 0.717) is 10.6 Å². The minimum Gasteiger partial charge on any atom is -0.465 e. The van der Waals surface area contributed by atoms with Crippen LogP contribution in [0, 0.1) is 19.7 Å². The van der Waals surface area contributed by atoms with E-state index in [9.17, 15) is 14.0 Å². The highest BCUT2D eigenvalue weighted by molar-refractivity contribution is 7.16. The molecule has 1 N–H and O–H groups in total. The van der Waals surface area contributed by atoms with E-state index in [4.69, 9.17) is 9.15 Å². The van der Waals surface area contributed by atoms with Crippen LogP contribution in [0.5, 0.6) is 0 Å². The van der Waals surface area contributed by atoms with Crippen LogP contribution in [0.1, 0.15) is 31.4 Å². The SMILES string of the molecule is COC(=O)c1c(NC(=O)c2ccc(-c3ccccc3F)o2)sc(C)c1C. The number of furan rings is 1. The maximum atomic E-state index is 13.9. The lowest BCUT2D eigenvalue weighted by atomic mass is 10.1. The van der Waals surface area contributed by atoms with E-state index in [1.54, 1.807) is 25.1 Å². The lowest BCUT2D eigenvalue weighted by Gasteiger charge is -2.05. The van der Waals surface area contributed by atoms with Crippen LogP contribution in [0.4, 0.5) is 9.39 Å². The van der Waals surface area contributed by atoms with E-state index in [1.807, 2.05) is 6.92 Å². The first-order chi connectivity index (χ1) is 12.4. The fourth-order valence-corrected chi connectivity index (χ4v) is 3.54. The molecule has 0 aliphatic carbocycles. The van der Waals surface area contributed by atoms with Crippen LogP contribution in [0.3, 0.4) is 0 Å². The van der Waals surface area contributed by atoms with E-state index in [-0.39, 0.29) is 17.1 Å². The Morgan fingerprint density at radius 3 is 2.58 bits per heavy atom. The first kappa shape index (κ1) is 17.9. The molecule has 3 aromatic rings. The zero-order valence-electron chi connectivity index (χ0n) is 14.4. The average Bonchev–Trinajstić information content (AvgIpc) is 3.21. The molecule has 134 valence electrons. The van der Waals surface area contributed by atoms with Crippen LogP contribution >= 0.6 is 11.3 Å². The number of nitrogens with one attached hydrogen (secondary N) is 1. The van der Waals surface area contributed by atoms with Crippen LogP contribution in [0.15, 0.2) is 40.8 Å². The molecule has 1 aromatic carbocycles. The molecule has 3 rings (SSSR count). The molecule has 0 radical (unpaired) electrons. The van der Waals surface area contributed by atoms with Gasteiger partial charge >= 0.3 is 5.97 Å². The average molecular weight is 373 g/mol. The van der Waals surface area contributed by atoms with Gasteiger partial charge in [-0.05, 0) is 43.7 Å². The number of benzene rings is 1. The number of rotatable bonds is 4. The van der Waals surface area contributed by atoms with Crippen molar-refractivity contribution in [3.63, 3.8) is 0 Å². The monoisotopic (exact) mass is 373 g/mol. The smallest absolute Gasteiger partial charge is 0.341 e. The fourth-order valence-electron chi connectivity index (χ4n) is 2.49. The van der Waals surface area contributed by atoms with Crippen molar-refractivity contribution < 1.29 is 23.1 Å². The number of aryl methyl sites for hydroxylation is 1. The molecule has 7 heteroatoms. The zero-order valence-corrected chi connectivity index (χ0v) is 15.2. The Hall–Kier alpha value is -2.93. The first-order valence-electron chi connectivity index (χ1n) is 7.76. The Labute approximate surface area is 153 Å². The summed E-state index contributed by atoms with van der Waals surface area (Å²) >= 11 is 1.28. The molecule has 0 saturated carbocycles. The van der Waals surface area contributed by atoms with Crippen molar-refractivity contribution in [3.8, 4) is 11.3 Å². The molecular weight excluding hydrogens is 357 g/mol. The number of hydrogen-bond donors (Lipinski definition) is 1. The Morgan fingerprint density at radius 1 is 1.15 bits per heavy atom. The van der Waals surface area contributed by atoms with Gasteiger partial charge in [-0.15, -0.1) is 11.3 Å². The number of methoxy groups -OCH3 is 1. The second kappa shape index (κ2) is 7.13. The Kier molecular flexibility index (Phi) is 4.90. The number of anilines is 1. The van der Waals surface area contributed by atoms with Gasteiger partial charge in [-0.1, -0.05) is 12.1 Å². The predicted octanol–water partition coefficient (Wildman–Crippen LogP) is 4.80. The van der Waals surface area contributed by atoms with Gasteiger partial charge in [0.1, 0.15) is 16.6 Å². The number of hydrogen-bond acceptors (Lipinski definition) is 5. The highest BCUT2D eigenvalue weighted by Gasteiger charge is 2.23. The molecule has 0 spiro atoms. The Bertz CT molecular complexity index is 989. The zero-order chi connectivity index (χ0) is 18.8. The first-order valence-corrected chi connectivity index (χ1v) is 8.58. The third-order valence-electron chi connectivity index (χ3n) is 3.97. The number of esters is 1. The van der Waals surface area contributed by atoms with Crippen LogP contribution in [0.2, 0.25) is 0 Å². The summed E-state index contributed by atoms with van der Waals surface area (Å²) in [5.74, 6) is -1.22. The van der Waals surface area contributed by atoms with Gasteiger partial charge in [0.25, 0.3) is 5.91 Å². The molecule has 5 nitrogen and oxygen atoms in total. The summed E-state index contributed by atoms with van der Waals surface area (Å²) in [4.78, 5) is 25.4. The maximum absolute atomic E-state index is 13.9. The lowest BCUT2D eigenvalue weighted by molar-refractivity contribution is 0.0601. The lowest BCUT2D eigenvalue weighted by Crippen LogP contribution is -2.13. The van der Waals surface area contributed by atoms with Crippen LogP contribution < -0.4 is 5.32 Å². The molecule has 26 heavy (non-hydrogen) atoms. The van der Waals surface area contributed by atoms with Gasteiger partial charge in [-0.2, -0.15) is 0 Å². The van der Waals surface area contributed by atoms with Gasteiger partial charge in [0, 0.05) is 4.88 Å². The second-order valence-electron chi connectivity index (χ2n) is 5.58. The Morgan fingerprint density at radius 2 is 1.88 bits per heavy atom. The largest absolute Gasteiger partial charge is 0.465 e. The van der Waals surface area contributed by atoms with Crippen molar-refractivity contribution in [2.75, 3.05) is 12.4 Å². The third-order valence-corrected chi connectivity index (χ3v) is 5.09. The molecule has 0 atom stereocenters. The summed E-state index contributed by atoms with van der Waals surface area (Å²) in [6.07, 6.45) is 0. The van der Waals surface area contributed by atoms with Crippen molar-refractivity contribution in [2.24, 2.45) is 0 Å². The summed E-state index contributed by atoms with van der Waals surface area (Å²) in [6.45, 7) is 3.64. The number of ether oxygens (including phenoxy) is 1. The second-order valence-corrected chi connectivity index (χ2v) is 6.80. The van der Waals surface area contributed by atoms with Crippen LogP contribution in [-0.2, 0) is 4.74 Å². The van der Waals surface area contributed by atoms with Crippen molar-refractivity contribution in [1.29, 1.82) is 0 Å². The van der Waals surface area contributed by atoms with Crippen molar-refractivity contribution in [1.82, 2.24) is 0 Å². The van der Waals surface area contributed by atoms with E-state index >= 15 is 0 Å². The summed E-state index contributed by atoms with van der Waals surface area (Å²) in [5.41, 5.74) is 1.34. The van der Waals surface area contributed by atoms with Crippen molar-refractivity contribution in [3.05, 3.63) is 64.0 Å². The molecule has 0 fully saturated rings. The molecule has 0 unspecified atom stereocenters. The molecule has 2 heterocycles. The van der Waals surface area contributed by atoms with Crippen LogP contribution in [-0.4, -0.2) is 19.0 Å². The van der Waals surface area contributed by atoms with Crippen LogP contribution in [0.25, 0.3) is 11.3 Å². The molecule has 2 aromatic heterocycles. The number of carbonyl (C=O) groups excluding carboxylic acids is 2. The van der Waals surface area contributed by atoms with Gasteiger partial charge in [0.2, 0.25) is 0 Å². The molecular formula is C19H16FNO4S. The van der Waals surface area contributed by atoms with Gasteiger partial charge in [0.05, 0.1) is 18.2 Å². The highest BCUT2D eigenvalue weighted by atomic mass is 32.1. The van der Waals surface area contributed by atoms with Gasteiger partial charge in [-0.3, -0.25) is 4.79 Å². The standard InChI is InChI=1S/C19H16FNO4S/c1-10-11(2)26-18(16(10)19(23)24-3)21-17(22)15-9-8-14(25-15)12-6-4-5-7-13(12)20/h4-9H,1-3H3,(H,21,22). The van der Waals surface area contributed by atoms with Gasteiger partial charge in [-0.25, -0.2) is 9.18 Å². The molecule has 1 amide bonds. The number of halogens is 1. The van der Waals surface area contributed by atoms with E-state index in [1.165, 1.54) is 36.6 Å². The molecule has 0 bridgehead atoms. The highest BCUT2D eigenvalue weighted by Crippen LogP contribution is 2.33. The van der Waals surface area contributed by atoms with Gasteiger partial charge in [0.15, 0.2) is 5.76 Å². The number of amides is 1. The Balaban J connectivity index is 1.88. The number of carbonyl (C=O) groups is 2. The normalized spacial score (nSPS) is 10.6. The van der Waals surface area contributed by atoms with E-state index in [0.717, 1.165) is 10.4 Å². The maximum Gasteiger partial charge on any atom is 0.341 e. The minimum absolute atomic E-state index is 0.0165. The summed E-state index contributed by atoms with van der Waals surface area (Å²) in [6, 6.07) is 9.13. The molecule has 0 saturated heterocycles. The van der Waals surface area contributed by atoms with Gasteiger partial charge < -0.3 is 14.5 Å². The molecule has 0 aliphatic heterocycles. The summed E-state index contributed by atoms with van der Waals surface area (Å²) in [7, 11) is 1.29.